The Morgan fingerprint density at radius 2 is 1.88 bits per heavy atom. The first-order valence-electron chi connectivity index (χ1n) is 7.59. The van der Waals surface area contributed by atoms with Gasteiger partial charge in [-0.3, -0.25) is 4.79 Å². The van der Waals surface area contributed by atoms with Crippen molar-refractivity contribution in [2.75, 3.05) is 5.32 Å². The third-order valence-corrected chi connectivity index (χ3v) is 4.86. The van der Waals surface area contributed by atoms with Gasteiger partial charge in [0.05, 0.1) is 10.9 Å². The number of primary amides is 1. The molecule has 0 saturated heterocycles. The maximum Gasteiger partial charge on any atom is 0.316 e. The zero-order valence-electron chi connectivity index (χ0n) is 13.4. The minimum Gasteiger partial charge on any atom is -0.351 e. The first-order chi connectivity index (χ1) is 11.9. The minimum absolute atomic E-state index is 0.245. The quantitative estimate of drug-likeness (QED) is 0.659. The predicted octanol–water partition coefficient (Wildman–Crippen LogP) is 4.02. The van der Waals surface area contributed by atoms with Gasteiger partial charge in [-0.05, 0) is 42.8 Å². The number of amides is 3. The molecule has 0 aliphatic rings. The summed E-state index contributed by atoms with van der Waals surface area (Å²) in [5.74, 6) is -0.592. The lowest BCUT2D eigenvalue weighted by Crippen LogP contribution is -2.26. The number of benzene rings is 2. The lowest BCUT2D eigenvalue weighted by atomic mass is 10.1. The van der Waals surface area contributed by atoms with Crippen LogP contribution < -0.4 is 16.4 Å². The average molecular weight is 357 g/mol. The van der Waals surface area contributed by atoms with Crippen LogP contribution in [0, 0.1) is 5.82 Å². The summed E-state index contributed by atoms with van der Waals surface area (Å²) in [6.07, 6.45) is 0. The van der Waals surface area contributed by atoms with Gasteiger partial charge in [0, 0.05) is 15.8 Å². The van der Waals surface area contributed by atoms with Crippen molar-refractivity contribution in [3.63, 3.8) is 0 Å². The zero-order valence-corrected chi connectivity index (χ0v) is 14.2. The van der Waals surface area contributed by atoms with Crippen LogP contribution in [0.15, 0.2) is 48.5 Å². The number of rotatable bonds is 4. The van der Waals surface area contributed by atoms with Crippen molar-refractivity contribution in [3.8, 4) is 0 Å². The number of carbonyl (C=O) groups excluding carboxylic acids is 2. The minimum atomic E-state index is -0.633. The van der Waals surface area contributed by atoms with E-state index in [4.69, 9.17) is 5.73 Å². The Kier molecular flexibility index (Phi) is 4.67. The average Bonchev–Trinajstić information content (AvgIpc) is 3.01. The fourth-order valence-electron chi connectivity index (χ4n) is 2.49. The van der Waals surface area contributed by atoms with Crippen LogP contribution in [0.25, 0.3) is 10.1 Å². The van der Waals surface area contributed by atoms with Crippen molar-refractivity contribution in [2.24, 2.45) is 5.73 Å². The van der Waals surface area contributed by atoms with Gasteiger partial charge in [0.25, 0.3) is 5.91 Å². The van der Waals surface area contributed by atoms with E-state index < -0.39 is 6.03 Å². The maximum atomic E-state index is 13.8. The van der Waals surface area contributed by atoms with Crippen LogP contribution in [-0.4, -0.2) is 11.9 Å². The molecule has 3 amide bonds. The molecule has 0 spiro atoms. The van der Waals surface area contributed by atoms with Crippen LogP contribution >= 0.6 is 11.3 Å². The van der Waals surface area contributed by atoms with Gasteiger partial charge >= 0.3 is 6.03 Å². The molecule has 2 aromatic carbocycles. The first-order valence-corrected chi connectivity index (χ1v) is 8.41. The molecule has 0 aliphatic heterocycles. The number of fused-ring (bicyclic) bond motifs is 1. The van der Waals surface area contributed by atoms with E-state index in [1.165, 1.54) is 17.4 Å². The molecule has 1 aromatic heterocycles. The van der Waals surface area contributed by atoms with Crippen LogP contribution in [0.5, 0.6) is 0 Å². The van der Waals surface area contributed by atoms with E-state index in [1.54, 1.807) is 42.5 Å². The maximum absolute atomic E-state index is 13.8. The smallest absolute Gasteiger partial charge is 0.316 e. The van der Waals surface area contributed by atoms with Crippen molar-refractivity contribution < 1.29 is 14.0 Å². The lowest BCUT2D eigenvalue weighted by Gasteiger charge is -2.14. The largest absolute Gasteiger partial charge is 0.351 e. The van der Waals surface area contributed by atoms with E-state index in [-0.39, 0.29) is 17.8 Å². The number of anilines is 1. The number of urea groups is 1. The van der Waals surface area contributed by atoms with Crippen molar-refractivity contribution in [2.45, 2.75) is 13.0 Å². The van der Waals surface area contributed by atoms with Gasteiger partial charge in [0.1, 0.15) is 5.82 Å². The topological polar surface area (TPSA) is 84.2 Å². The van der Waals surface area contributed by atoms with Crippen LogP contribution in [0.4, 0.5) is 14.9 Å². The highest BCUT2D eigenvalue weighted by molar-refractivity contribution is 7.20. The summed E-state index contributed by atoms with van der Waals surface area (Å²) in [4.78, 5) is 23.7. The molecule has 1 heterocycles. The summed E-state index contributed by atoms with van der Waals surface area (Å²) in [6, 6.07) is 12.5. The van der Waals surface area contributed by atoms with Crippen molar-refractivity contribution in [3.05, 3.63) is 64.8 Å². The summed E-state index contributed by atoms with van der Waals surface area (Å²) in [7, 11) is 0. The molecule has 128 valence electrons. The number of nitrogens with one attached hydrogen (secondary N) is 2. The number of nitrogens with two attached hydrogens (primary N) is 1. The number of hydrogen-bond acceptors (Lipinski definition) is 3. The third-order valence-electron chi connectivity index (χ3n) is 3.76. The molecule has 0 bridgehead atoms. The summed E-state index contributed by atoms with van der Waals surface area (Å²) < 4.78 is 14.5. The van der Waals surface area contributed by atoms with E-state index in [2.05, 4.69) is 10.6 Å². The highest BCUT2D eigenvalue weighted by atomic mass is 32.1. The van der Waals surface area contributed by atoms with Crippen LogP contribution in [-0.2, 0) is 0 Å². The van der Waals surface area contributed by atoms with E-state index in [0.717, 1.165) is 10.3 Å². The summed E-state index contributed by atoms with van der Waals surface area (Å²) in [5, 5.41) is 5.82. The van der Waals surface area contributed by atoms with Crippen molar-refractivity contribution in [1.82, 2.24) is 5.32 Å². The van der Waals surface area contributed by atoms with Gasteiger partial charge < -0.3 is 16.4 Å². The van der Waals surface area contributed by atoms with Crippen LogP contribution in [0.1, 0.15) is 28.2 Å². The van der Waals surface area contributed by atoms with Crippen molar-refractivity contribution >= 4 is 39.0 Å². The predicted molar refractivity (Wildman–Crippen MR) is 97.3 cm³/mol. The molecule has 25 heavy (non-hydrogen) atoms. The zero-order chi connectivity index (χ0) is 18.0. The van der Waals surface area contributed by atoms with Gasteiger partial charge in [-0.2, -0.15) is 0 Å². The molecule has 4 N–H and O–H groups in total. The number of hydrogen-bond donors (Lipinski definition) is 3. The highest BCUT2D eigenvalue weighted by Crippen LogP contribution is 2.28. The number of thiophene rings is 1. The molecule has 1 unspecified atom stereocenters. The molecule has 0 fully saturated rings. The van der Waals surface area contributed by atoms with E-state index in [9.17, 15) is 14.0 Å². The molecule has 0 saturated carbocycles. The Bertz CT molecular complexity index is 937. The fourth-order valence-corrected chi connectivity index (χ4v) is 3.46. The second-order valence-corrected chi connectivity index (χ2v) is 6.65. The van der Waals surface area contributed by atoms with Gasteiger partial charge in [-0.1, -0.05) is 18.2 Å². The number of carbonyl (C=O) groups is 2. The normalized spacial score (nSPS) is 11.9. The highest BCUT2D eigenvalue weighted by Gasteiger charge is 2.15. The van der Waals surface area contributed by atoms with Crippen LogP contribution in [0.3, 0.4) is 0 Å². The molecule has 0 radical (unpaired) electrons. The molecule has 7 heteroatoms. The van der Waals surface area contributed by atoms with Gasteiger partial charge in [0.15, 0.2) is 0 Å². The Morgan fingerprint density at radius 1 is 1.16 bits per heavy atom. The summed E-state index contributed by atoms with van der Waals surface area (Å²) in [5.41, 5.74) is 6.51. The monoisotopic (exact) mass is 357 g/mol. The fraction of sp³-hybridized carbons (Fsp3) is 0.111. The van der Waals surface area contributed by atoms with E-state index in [0.29, 0.717) is 16.0 Å². The Balaban J connectivity index is 1.73. The molecule has 3 aromatic rings. The Hall–Kier alpha value is -2.93. The van der Waals surface area contributed by atoms with E-state index in [1.807, 2.05) is 6.92 Å². The van der Waals surface area contributed by atoms with Gasteiger partial charge in [-0.25, -0.2) is 9.18 Å². The first kappa shape index (κ1) is 16.9. The SMILES string of the molecule is CC(NC(=O)c1cc2c(F)cccc2s1)c1ccc(NC(N)=O)cc1. The summed E-state index contributed by atoms with van der Waals surface area (Å²) >= 11 is 1.25. The van der Waals surface area contributed by atoms with Crippen LogP contribution in [0.2, 0.25) is 0 Å². The molecular weight excluding hydrogens is 341 g/mol. The second-order valence-electron chi connectivity index (χ2n) is 5.57. The van der Waals surface area contributed by atoms with E-state index >= 15 is 0 Å². The molecular formula is C18H16FN3O2S. The standard InChI is InChI=1S/C18H16FN3O2S/c1-10(11-5-7-12(8-6-11)22-18(20)24)21-17(23)16-9-13-14(19)3-2-4-15(13)25-16/h2-10H,1H3,(H,21,23)(H3,20,22,24). The second kappa shape index (κ2) is 6.90. The van der Waals surface area contributed by atoms with Gasteiger partial charge in [0.2, 0.25) is 0 Å². The number of halogens is 1. The third kappa shape index (κ3) is 3.77. The Labute approximate surface area is 147 Å². The molecule has 5 nitrogen and oxygen atoms in total. The Morgan fingerprint density at radius 3 is 2.52 bits per heavy atom. The molecule has 3 rings (SSSR count). The molecule has 0 aliphatic carbocycles. The summed E-state index contributed by atoms with van der Waals surface area (Å²) in [6.45, 7) is 1.85. The molecule has 1 atom stereocenters. The van der Waals surface area contributed by atoms with Crippen molar-refractivity contribution in [1.29, 1.82) is 0 Å². The van der Waals surface area contributed by atoms with Gasteiger partial charge in [-0.15, -0.1) is 11.3 Å². The lowest BCUT2D eigenvalue weighted by molar-refractivity contribution is 0.0944.